The molecule has 2 aromatic rings. The minimum atomic E-state index is -0.413. The molecule has 0 N–H and O–H groups in total. The highest BCUT2D eigenvalue weighted by Crippen LogP contribution is 2.27. The molecule has 0 aromatic heterocycles. The van der Waals surface area contributed by atoms with Crippen LogP contribution < -0.4 is 0 Å². The maximum atomic E-state index is 12.0. The van der Waals surface area contributed by atoms with Gasteiger partial charge in [0.1, 0.15) is 0 Å². The molecule has 0 unspecified atom stereocenters. The summed E-state index contributed by atoms with van der Waals surface area (Å²) in [6.45, 7) is 1.85. The molecule has 21 heavy (non-hydrogen) atoms. The molecule has 108 valence electrons. The van der Waals surface area contributed by atoms with Crippen LogP contribution in [-0.2, 0) is 9.47 Å². The molecule has 4 nitrogen and oxygen atoms in total. The summed E-state index contributed by atoms with van der Waals surface area (Å²) in [5.74, 6) is -0.810. The van der Waals surface area contributed by atoms with Gasteiger partial charge in [-0.1, -0.05) is 30.3 Å². The first kappa shape index (κ1) is 14.8. The molecular formula is C17H16O4. The number of rotatable bonds is 3. The summed E-state index contributed by atoms with van der Waals surface area (Å²) in [5.41, 5.74) is 3.26. The molecule has 0 aliphatic carbocycles. The Hall–Kier alpha value is -2.62. The summed E-state index contributed by atoms with van der Waals surface area (Å²) in [6, 6.07) is 12.5. The average Bonchev–Trinajstić information content (AvgIpc) is 2.53. The van der Waals surface area contributed by atoms with Crippen molar-refractivity contribution in [3.63, 3.8) is 0 Å². The van der Waals surface area contributed by atoms with Crippen LogP contribution in [0.3, 0.4) is 0 Å². The first-order chi connectivity index (χ1) is 10.1. The fraction of sp³-hybridized carbons (Fsp3) is 0.176. The maximum Gasteiger partial charge on any atom is 0.338 e. The molecule has 2 rings (SSSR count). The Bertz CT molecular complexity index is 689. The largest absolute Gasteiger partial charge is 0.465 e. The predicted octanol–water partition coefficient (Wildman–Crippen LogP) is 3.24. The lowest BCUT2D eigenvalue weighted by Gasteiger charge is -2.11. The van der Waals surface area contributed by atoms with Crippen molar-refractivity contribution in [3.05, 3.63) is 59.2 Å². The van der Waals surface area contributed by atoms with Gasteiger partial charge in [0.15, 0.2) is 0 Å². The van der Waals surface area contributed by atoms with Crippen LogP contribution in [-0.4, -0.2) is 26.2 Å². The van der Waals surface area contributed by atoms with E-state index in [4.69, 9.17) is 9.47 Å². The molecule has 0 heterocycles. The molecule has 0 aliphatic rings. The minimum absolute atomic E-state index is 0.397. The quantitative estimate of drug-likeness (QED) is 0.812. The van der Waals surface area contributed by atoms with E-state index in [1.807, 2.05) is 31.2 Å². The first-order valence-electron chi connectivity index (χ1n) is 6.45. The lowest BCUT2D eigenvalue weighted by molar-refractivity contribution is 0.0592. The Labute approximate surface area is 123 Å². The van der Waals surface area contributed by atoms with Gasteiger partial charge in [0, 0.05) is 0 Å². The summed E-state index contributed by atoms with van der Waals surface area (Å²) in [6.07, 6.45) is 0. The molecule has 0 bridgehead atoms. The zero-order valence-corrected chi connectivity index (χ0v) is 12.2. The Morgan fingerprint density at radius 2 is 1.57 bits per heavy atom. The van der Waals surface area contributed by atoms with Crippen LogP contribution in [0.1, 0.15) is 26.3 Å². The molecule has 4 heteroatoms. The fourth-order valence-corrected chi connectivity index (χ4v) is 2.21. The zero-order chi connectivity index (χ0) is 15.4. The van der Waals surface area contributed by atoms with E-state index in [0.717, 1.165) is 16.7 Å². The highest BCUT2D eigenvalue weighted by atomic mass is 16.5. The van der Waals surface area contributed by atoms with E-state index >= 15 is 0 Å². The number of methoxy groups -OCH3 is 2. The normalized spacial score (nSPS) is 10.0. The van der Waals surface area contributed by atoms with Gasteiger partial charge in [-0.25, -0.2) is 9.59 Å². The van der Waals surface area contributed by atoms with Gasteiger partial charge in [-0.05, 0) is 35.7 Å². The van der Waals surface area contributed by atoms with Crippen LogP contribution in [0.4, 0.5) is 0 Å². The van der Waals surface area contributed by atoms with Gasteiger partial charge >= 0.3 is 11.9 Å². The number of benzene rings is 2. The monoisotopic (exact) mass is 284 g/mol. The highest BCUT2D eigenvalue weighted by Gasteiger charge is 2.16. The molecule has 0 atom stereocenters. The van der Waals surface area contributed by atoms with Crippen molar-refractivity contribution in [2.45, 2.75) is 6.92 Å². The van der Waals surface area contributed by atoms with Crippen molar-refractivity contribution in [2.75, 3.05) is 14.2 Å². The van der Waals surface area contributed by atoms with Crippen LogP contribution >= 0.6 is 0 Å². The third kappa shape index (κ3) is 2.94. The van der Waals surface area contributed by atoms with Crippen LogP contribution in [0, 0.1) is 6.92 Å². The summed E-state index contributed by atoms with van der Waals surface area (Å²) in [5, 5.41) is 0. The van der Waals surface area contributed by atoms with Gasteiger partial charge in [0.2, 0.25) is 0 Å². The summed E-state index contributed by atoms with van der Waals surface area (Å²) < 4.78 is 9.57. The van der Waals surface area contributed by atoms with E-state index in [1.165, 1.54) is 14.2 Å². The van der Waals surface area contributed by atoms with Crippen LogP contribution in [0.15, 0.2) is 42.5 Å². The van der Waals surface area contributed by atoms with Gasteiger partial charge < -0.3 is 9.47 Å². The number of carbonyl (C=O) groups excluding carboxylic acids is 2. The van der Waals surface area contributed by atoms with Crippen LogP contribution in [0.2, 0.25) is 0 Å². The van der Waals surface area contributed by atoms with E-state index < -0.39 is 11.9 Å². The summed E-state index contributed by atoms with van der Waals surface area (Å²) in [7, 11) is 2.69. The molecule has 0 spiro atoms. The number of hydrogen-bond acceptors (Lipinski definition) is 4. The van der Waals surface area contributed by atoms with E-state index in [1.54, 1.807) is 18.2 Å². The van der Waals surface area contributed by atoms with Crippen molar-refractivity contribution < 1.29 is 19.1 Å². The second kappa shape index (κ2) is 6.22. The van der Waals surface area contributed by atoms with Gasteiger partial charge in [-0.3, -0.25) is 0 Å². The molecule has 2 aromatic carbocycles. The van der Waals surface area contributed by atoms with E-state index in [9.17, 15) is 9.59 Å². The molecule has 0 amide bonds. The molecule has 0 saturated heterocycles. The Morgan fingerprint density at radius 3 is 2.24 bits per heavy atom. The topological polar surface area (TPSA) is 52.6 Å². The second-order valence-electron chi connectivity index (χ2n) is 4.56. The Balaban J connectivity index is 2.60. The Kier molecular flexibility index (Phi) is 4.38. The van der Waals surface area contributed by atoms with Crippen molar-refractivity contribution in [1.82, 2.24) is 0 Å². The smallest absolute Gasteiger partial charge is 0.338 e. The van der Waals surface area contributed by atoms with Gasteiger partial charge in [-0.2, -0.15) is 0 Å². The van der Waals surface area contributed by atoms with Gasteiger partial charge in [0.05, 0.1) is 25.3 Å². The second-order valence-corrected chi connectivity index (χ2v) is 4.56. The standard InChI is InChI=1S/C17H16O4/c1-11-6-4-9-14(15(11)17(19)21-3)12-7-5-8-13(10-12)16(18)20-2/h4-10H,1-3H3. The molecule has 0 aliphatic heterocycles. The number of aryl methyl sites for hydroxylation is 1. The minimum Gasteiger partial charge on any atom is -0.465 e. The lowest BCUT2D eigenvalue weighted by Crippen LogP contribution is -2.07. The van der Waals surface area contributed by atoms with E-state index in [-0.39, 0.29) is 0 Å². The highest BCUT2D eigenvalue weighted by molar-refractivity contribution is 5.99. The molecular weight excluding hydrogens is 268 g/mol. The van der Waals surface area contributed by atoms with Crippen molar-refractivity contribution in [3.8, 4) is 11.1 Å². The summed E-state index contributed by atoms with van der Waals surface area (Å²) in [4.78, 5) is 23.6. The maximum absolute atomic E-state index is 12.0. The predicted molar refractivity (Wildman–Crippen MR) is 79.3 cm³/mol. The third-order valence-corrected chi connectivity index (χ3v) is 3.26. The Morgan fingerprint density at radius 1 is 0.905 bits per heavy atom. The van der Waals surface area contributed by atoms with Gasteiger partial charge in [-0.15, -0.1) is 0 Å². The van der Waals surface area contributed by atoms with Gasteiger partial charge in [0.25, 0.3) is 0 Å². The van der Waals surface area contributed by atoms with E-state index in [0.29, 0.717) is 11.1 Å². The first-order valence-corrected chi connectivity index (χ1v) is 6.45. The van der Waals surface area contributed by atoms with Crippen LogP contribution in [0.5, 0.6) is 0 Å². The number of carbonyl (C=O) groups is 2. The average molecular weight is 284 g/mol. The van der Waals surface area contributed by atoms with E-state index in [2.05, 4.69) is 0 Å². The number of hydrogen-bond donors (Lipinski definition) is 0. The SMILES string of the molecule is COC(=O)c1cccc(-c2cccc(C)c2C(=O)OC)c1. The summed E-state index contributed by atoms with van der Waals surface area (Å²) >= 11 is 0. The van der Waals surface area contributed by atoms with Crippen LogP contribution in [0.25, 0.3) is 11.1 Å². The third-order valence-electron chi connectivity index (χ3n) is 3.26. The number of esters is 2. The fourth-order valence-electron chi connectivity index (χ4n) is 2.21. The van der Waals surface area contributed by atoms with Crippen molar-refractivity contribution in [2.24, 2.45) is 0 Å². The molecule has 0 saturated carbocycles. The molecule has 0 radical (unpaired) electrons. The van der Waals surface area contributed by atoms with Crippen molar-refractivity contribution >= 4 is 11.9 Å². The molecule has 0 fully saturated rings. The zero-order valence-electron chi connectivity index (χ0n) is 12.2. The lowest BCUT2D eigenvalue weighted by atomic mass is 9.95. The van der Waals surface area contributed by atoms with Crippen molar-refractivity contribution in [1.29, 1.82) is 0 Å². The number of ether oxygens (including phenoxy) is 2.